The van der Waals surface area contributed by atoms with Gasteiger partial charge in [-0.05, 0) is 12.1 Å². The minimum atomic E-state index is -0.475. The monoisotopic (exact) mass is 261 g/mol. The summed E-state index contributed by atoms with van der Waals surface area (Å²) in [7, 11) is 0. The van der Waals surface area contributed by atoms with Crippen molar-refractivity contribution in [3.8, 4) is 6.07 Å². The van der Waals surface area contributed by atoms with Crippen molar-refractivity contribution >= 4 is 11.8 Å². The van der Waals surface area contributed by atoms with Crippen LogP contribution in [0, 0.1) is 17.1 Å². The third-order valence-electron chi connectivity index (χ3n) is 2.17. The van der Waals surface area contributed by atoms with E-state index in [4.69, 9.17) is 5.26 Å². The summed E-state index contributed by atoms with van der Waals surface area (Å²) in [6.45, 7) is 0. The van der Waals surface area contributed by atoms with E-state index in [1.54, 1.807) is 24.3 Å². The van der Waals surface area contributed by atoms with Crippen molar-refractivity contribution in [2.75, 3.05) is 0 Å². The summed E-state index contributed by atoms with van der Waals surface area (Å²) >= 11 is 1.23. The molecule has 0 amide bonds. The number of hydrogen-bond acceptors (Lipinski definition) is 4. The topological polar surface area (TPSA) is 69.5 Å². The molecule has 0 bridgehead atoms. The molecule has 1 N–H and O–H groups in total. The fraction of sp³-hybridized carbons (Fsp3) is 0.0833. The molecule has 0 fully saturated rings. The van der Waals surface area contributed by atoms with Crippen LogP contribution in [0.1, 0.15) is 11.4 Å². The normalized spacial score (nSPS) is 10.0. The van der Waals surface area contributed by atoms with Gasteiger partial charge in [-0.25, -0.2) is 9.37 Å². The highest BCUT2D eigenvalue weighted by molar-refractivity contribution is 7.98. The van der Waals surface area contributed by atoms with Gasteiger partial charge in [0.25, 0.3) is 5.56 Å². The molecule has 18 heavy (non-hydrogen) atoms. The number of aromatic amines is 1. The zero-order chi connectivity index (χ0) is 13.0. The van der Waals surface area contributed by atoms with Crippen LogP contribution in [0.3, 0.4) is 0 Å². The Balaban J connectivity index is 2.12. The third kappa shape index (κ3) is 2.76. The van der Waals surface area contributed by atoms with Crippen LogP contribution in [-0.4, -0.2) is 9.97 Å². The minimum Gasteiger partial charge on any atom is -0.309 e. The van der Waals surface area contributed by atoms with Crippen LogP contribution >= 0.6 is 11.8 Å². The Labute approximate surface area is 107 Å². The Hall–Kier alpha value is -2.13. The van der Waals surface area contributed by atoms with Gasteiger partial charge in [0.2, 0.25) is 0 Å². The minimum absolute atomic E-state index is 0.0327. The average molecular weight is 261 g/mol. The molecule has 6 heteroatoms. The summed E-state index contributed by atoms with van der Waals surface area (Å²) in [4.78, 5) is 18.3. The Morgan fingerprint density at radius 3 is 2.89 bits per heavy atom. The van der Waals surface area contributed by atoms with Crippen molar-refractivity contribution < 1.29 is 4.39 Å². The van der Waals surface area contributed by atoms with Crippen molar-refractivity contribution in [3.05, 3.63) is 58.0 Å². The lowest BCUT2D eigenvalue weighted by atomic mass is 10.3. The maximum absolute atomic E-state index is 13.3. The summed E-state index contributed by atoms with van der Waals surface area (Å²) < 4.78 is 13.3. The largest absolute Gasteiger partial charge is 0.309 e. The fourth-order valence-electron chi connectivity index (χ4n) is 1.29. The van der Waals surface area contributed by atoms with E-state index in [0.29, 0.717) is 16.5 Å². The van der Waals surface area contributed by atoms with E-state index in [0.717, 1.165) is 0 Å². The molecular weight excluding hydrogens is 253 g/mol. The van der Waals surface area contributed by atoms with Gasteiger partial charge in [0, 0.05) is 4.90 Å². The first kappa shape index (κ1) is 12.3. The van der Waals surface area contributed by atoms with Crippen LogP contribution in [0.25, 0.3) is 0 Å². The van der Waals surface area contributed by atoms with Gasteiger partial charge in [-0.2, -0.15) is 5.26 Å². The van der Waals surface area contributed by atoms with E-state index >= 15 is 0 Å². The van der Waals surface area contributed by atoms with Gasteiger partial charge in [-0.1, -0.05) is 12.1 Å². The van der Waals surface area contributed by atoms with Crippen LogP contribution in [0.15, 0.2) is 40.2 Å². The molecule has 4 nitrogen and oxygen atoms in total. The number of halogens is 1. The molecule has 0 aliphatic heterocycles. The summed E-state index contributed by atoms with van der Waals surface area (Å²) in [5.41, 5.74) is -0.508. The first-order chi connectivity index (χ1) is 8.70. The molecule has 0 aliphatic rings. The molecule has 1 aromatic heterocycles. The maximum Gasteiger partial charge on any atom is 0.268 e. The lowest BCUT2D eigenvalue weighted by Gasteiger charge is -2.02. The zero-order valence-electron chi connectivity index (χ0n) is 9.18. The lowest BCUT2D eigenvalue weighted by molar-refractivity contribution is 0.602. The summed E-state index contributed by atoms with van der Waals surface area (Å²) in [5.74, 6) is 0.438. The molecule has 0 aliphatic carbocycles. The van der Waals surface area contributed by atoms with Crippen LogP contribution in [0.5, 0.6) is 0 Å². The molecule has 90 valence electrons. The van der Waals surface area contributed by atoms with E-state index in [1.165, 1.54) is 24.0 Å². The second-order valence-electron chi connectivity index (χ2n) is 3.40. The smallest absolute Gasteiger partial charge is 0.268 e. The Morgan fingerprint density at radius 1 is 1.44 bits per heavy atom. The molecular formula is C12H8FN3OS. The van der Waals surface area contributed by atoms with E-state index < -0.39 is 5.56 Å². The van der Waals surface area contributed by atoms with Crippen molar-refractivity contribution in [3.63, 3.8) is 0 Å². The molecule has 2 aromatic rings. The number of aromatic nitrogens is 2. The van der Waals surface area contributed by atoms with Gasteiger partial charge >= 0.3 is 0 Å². The molecule has 2 rings (SSSR count). The number of H-pyrrole nitrogens is 1. The number of nitrogens with zero attached hydrogens (tertiary/aromatic N) is 2. The van der Waals surface area contributed by atoms with Crippen LogP contribution in [0.4, 0.5) is 4.39 Å². The summed E-state index contributed by atoms with van der Waals surface area (Å²) in [5, 5.41) is 8.59. The van der Waals surface area contributed by atoms with Gasteiger partial charge in [0.05, 0.1) is 11.9 Å². The van der Waals surface area contributed by atoms with Gasteiger partial charge in [0.1, 0.15) is 23.3 Å². The van der Waals surface area contributed by atoms with Crippen LogP contribution in [0.2, 0.25) is 0 Å². The number of thioether (sulfide) groups is 1. The summed E-state index contributed by atoms with van der Waals surface area (Å²) in [6.07, 6.45) is 1.22. The number of rotatable bonds is 3. The standard InChI is InChI=1S/C12H8FN3OS/c13-9-3-1-2-4-10(9)18-7-11-15-6-8(5-14)12(17)16-11/h1-4,6H,7H2,(H,15,16,17). The van der Waals surface area contributed by atoms with Crippen LogP contribution in [-0.2, 0) is 5.75 Å². The number of nitrogens with one attached hydrogen (secondary N) is 1. The SMILES string of the molecule is N#Cc1cnc(CSc2ccccc2F)[nH]c1=O. The zero-order valence-corrected chi connectivity index (χ0v) is 10.00. The van der Waals surface area contributed by atoms with Crippen molar-refractivity contribution in [2.45, 2.75) is 10.6 Å². The highest BCUT2D eigenvalue weighted by atomic mass is 32.2. The molecule has 0 saturated heterocycles. The summed E-state index contributed by atoms with van der Waals surface area (Å²) in [6, 6.07) is 8.11. The number of benzene rings is 1. The van der Waals surface area contributed by atoms with Gasteiger partial charge in [-0.15, -0.1) is 11.8 Å². The highest BCUT2D eigenvalue weighted by Crippen LogP contribution is 2.23. The molecule has 1 aromatic carbocycles. The third-order valence-corrected chi connectivity index (χ3v) is 3.23. The Morgan fingerprint density at radius 2 is 2.22 bits per heavy atom. The average Bonchev–Trinajstić information content (AvgIpc) is 2.38. The molecule has 0 unspecified atom stereocenters. The number of nitriles is 1. The van der Waals surface area contributed by atoms with E-state index in [1.807, 2.05) is 0 Å². The van der Waals surface area contributed by atoms with Crippen molar-refractivity contribution in [2.24, 2.45) is 0 Å². The van der Waals surface area contributed by atoms with E-state index in [9.17, 15) is 9.18 Å². The first-order valence-electron chi connectivity index (χ1n) is 5.06. The molecule has 0 spiro atoms. The predicted octanol–water partition coefficient (Wildman–Crippen LogP) is 2.07. The molecule has 0 atom stereocenters. The van der Waals surface area contributed by atoms with Gasteiger partial charge in [0.15, 0.2) is 0 Å². The molecule has 0 saturated carbocycles. The Kier molecular flexibility index (Phi) is 3.75. The predicted molar refractivity (Wildman–Crippen MR) is 65.5 cm³/mol. The van der Waals surface area contributed by atoms with Crippen LogP contribution < -0.4 is 5.56 Å². The Bertz CT molecular complexity index is 663. The van der Waals surface area contributed by atoms with E-state index in [2.05, 4.69) is 9.97 Å². The first-order valence-corrected chi connectivity index (χ1v) is 6.05. The molecule has 1 heterocycles. The molecule has 0 radical (unpaired) electrons. The maximum atomic E-state index is 13.3. The van der Waals surface area contributed by atoms with Gasteiger partial charge in [-0.3, -0.25) is 4.79 Å². The number of hydrogen-bond donors (Lipinski definition) is 1. The van der Waals surface area contributed by atoms with Crippen molar-refractivity contribution in [1.82, 2.24) is 9.97 Å². The van der Waals surface area contributed by atoms with Crippen molar-refractivity contribution in [1.29, 1.82) is 5.26 Å². The van der Waals surface area contributed by atoms with Gasteiger partial charge < -0.3 is 4.98 Å². The fourth-order valence-corrected chi connectivity index (χ4v) is 2.11. The highest BCUT2D eigenvalue weighted by Gasteiger charge is 2.05. The quantitative estimate of drug-likeness (QED) is 0.859. The van der Waals surface area contributed by atoms with E-state index in [-0.39, 0.29) is 11.4 Å². The second kappa shape index (κ2) is 5.47. The second-order valence-corrected chi connectivity index (χ2v) is 4.42. The lowest BCUT2D eigenvalue weighted by Crippen LogP contribution is -2.13.